The van der Waals surface area contributed by atoms with Crippen LogP contribution in [0.15, 0.2) is 17.6 Å². The summed E-state index contributed by atoms with van der Waals surface area (Å²) >= 11 is 7.58. The standard InChI is InChI=1S/C14H13ClN2O3S/c1-14(2)8(9(14)13(19)20)12(18)17-10-6(15)3-4-7-11(10)16-5-21-7/h3-5,8-9H,1-2H3,(H,17,18)(H,19,20). The Morgan fingerprint density at radius 3 is 2.71 bits per heavy atom. The molecule has 7 heteroatoms. The molecular formula is C14H13ClN2O3S. The lowest BCUT2D eigenvalue weighted by molar-refractivity contribution is -0.140. The number of carboxylic acids is 1. The molecule has 2 aromatic rings. The fraction of sp³-hybridized carbons (Fsp3) is 0.357. The lowest BCUT2D eigenvalue weighted by atomic mass is 10.1. The van der Waals surface area contributed by atoms with Crippen molar-refractivity contribution < 1.29 is 14.7 Å². The van der Waals surface area contributed by atoms with Crippen LogP contribution >= 0.6 is 22.9 Å². The summed E-state index contributed by atoms with van der Waals surface area (Å²) in [4.78, 5) is 27.7. The van der Waals surface area contributed by atoms with E-state index < -0.39 is 23.2 Å². The maximum Gasteiger partial charge on any atom is 0.307 e. The van der Waals surface area contributed by atoms with Gasteiger partial charge in [0.05, 0.1) is 32.8 Å². The number of fused-ring (bicyclic) bond motifs is 1. The zero-order chi connectivity index (χ0) is 15.4. The average Bonchev–Trinajstić information content (AvgIpc) is 2.78. The highest BCUT2D eigenvalue weighted by Crippen LogP contribution is 2.58. The van der Waals surface area contributed by atoms with Crippen molar-refractivity contribution in [1.29, 1.82) is 0 Å². The molecule has 1 fully saturated rings. The highest BCUT2D eigenvalue weighted by molar-refractivity contribution is 7.16. The molecule has 1 saturated carbocycles. The third-order valence-corrected chi connectivity index (χ3v) is 5.18. The lowest BCUT2D eigenvalue weighted by Gasteiger charge is -2.08. The molecule has 0 aliphatic heterocycles. The Bertz CT molecular complexity index is 756. The summed E-state index contributed by atoms with van der Waals surface area (Å²) in [5.41, 5.74) is 2.22. The molecule has 2 unspecified atom stereocenters. The molecule has 21 heavy (non-hydrogen) atoms. The molecule has 3 rings (SSSR count). The van der Waals surface area contributed by atoms with E-state index in [0.717, 1.165) is 4.70 Å². The van der Waals surface area contributed by atoms with E-state index in [4.69, 9.17) is 16.7 Å². The van der Waals surface area contributed by atoms with Gasteiger partial charge in [0.2, 0.25) is 5.91 Å². The Morgan fingerprint density at radius 1 is 1.38 bits per heavy atom. The van der Waals surface area contributed by atoms with Crippen LogP contribution in [0, 0.1) is 17.3 Å². The fourth-order valence-corrected chi connectivity index (χ4v) is 3.70. The van der Waals surface area contributed by atoms with E-state index in [2.05, 4.69) is 10.3 Å². The number of carboxylic acid groups (broad SMARTS) is 1. The first-order valence-corrected chi connectivity index (χ1v) is 7.65. The minimum Gasteiger partial charge on any atom is -0.481 e. The van der Waals surface area contributed by atoms with Gasteiger partial charge < -0.3 is 10.4 Å². The van der Waals surface area contributed by atoms with E-state index in [1.807, 2.05) is 6.07 Å². The van der Waals surface area contributed by atoms with Crippen LogP contribution in [0.4, 0.5) is 5.69 Å². The van der Waals surface area contributed by atoms with Crippen LogP contribution in [-0.2, 0) is 9.59 Å². The Hall–Kier alpha value is -1.66. The number of halogens is 1. The largest absolute Gasteiger partial charge is 0.481 e. The lowest BCUT2D eigenvalue weighted by Crippen LogP contribution is -2.18. The first kappa shape index (κ1) is 14.3. The van der Waals surface area contributed by atoms with Gasteiger partial charge in [-0.3, -0.25) is 9.59 Å². The van der Waals surface area contributed by atoms with Crippen molar-refractivity contribution in [1.82, 2.24) is 4.98 Å². The predicted molar refractivity (Wildman–Crippen MR) is 81.7 cm³/mol. The average molecular weight is 325 g/mol. The number of carbonyl (C=O) groups is 2. The van der Waals surface area contributed by atoms with Crippen LogP contribution in [0.3, 0.4) is 0 Å². The second-order valence-corrected chi connectivity index (χ2v) is 7.02. The highest BCUT2D eigenvalue weighted by Gasteiger charge is 2.65. The molecule has 0 saturated heterocycles. The minimum absolute atomic E-state index is 0.324. The van der Waals surface area contributed by atoms with Gasteiger partial charge in [0, 0.05) is 0 Å². The van der Waals surface area contributed by atoms with Crippen molar-refractivity contribution >= 4 is 50.7 Å². The molecule has 1 aliphatic carbocycles. The molecule has 2 atom stereocenters. The highest BCUT2D eigenvalue weighted by atomic mass is 35.5. The maximum atomic E-state index is 12.4. The number of aliphatic carboxylic acids is 1. The molecule has 110 valence electrons. The number of hydrogen-bond acceptors (Lipinski definition) is 4. The SMILES string of the molecule is CC1(C)C(C(=O)O)C1C(=O)Nc1c(Cl)ccc2scnc12. The minimum atomic E-state index is -0.946. The number of amides is 1. The van der Waals surface area contributed by atoms with Gasteiger partial charge in [0.15, 0.2) is 0 Å². The summed E-state index contributed by atoms with van der Waals surface area (Å²) in [7, 11) is 0. The maximum absolute atomic E-state index is 12.4. The van der Waals surface area contributed by atoms with Crippen molar-refractivity contribution in [3.05, 3.63) is 22.7 Å². The summed E-state index contributed by atoms with van der Waals surface area (Å²) < 4.78 is 0.916. The third-order valence-electron chi connectivity index (χ3n) is 4.08. The van der Waals surface area contributed by atoms with E-state index in [9.17, 15) is 9.59 Å². The zero-order valence-corrected chi connectivity index (χ0v) is 13.0. The Kier molecular flexibility index (Phi) is 3.18. The van der Waals surface area contributed by atoms with E-state index in [0.29, 0.717) is 16.2 Å². The van der Waals surface area contributed by atoms with E-state index in [1.165, 1.54) is 11.3 Å². The fourth-order valence-electron chi connectivity index (χ4n) is 2.81. The molecular weight excluding hydrogens is 312 g/mol. The van der Waals surface area contributed by atoms with Crippen LogP contribution < -0.4 is 5.32 Å². The third kappa shape index (κ3) is 2.18. The van der Waals surface area contributed by atoms with Crippen molar-refractivity contribution in [3.63, 3.8) is 0 Å². The molecule has 0 spiro atoms. The molecule has 1 amide bonds. The summed E-state index contributed by atoms with van der Waals surface area (Å²) in [6.45, 7) is 3.56. The molecule has 1 aliphatic rings. The Morgan fingerprint density at radius 2 is 2.10 bits per heavy atom. The number of rotatable bonds is 3. The predicted octanol–water partition coefficient (Wildman–Crippen LogP) is 3.25. The van der Waals surface area contributed by atoms with Crippen molar-refractivity contribution in [2.75, 3.05) is 5.32 Å². The summed E-state index contributed by atoms with van der Waals surface area (Å²) in [6, 6.07) is 3.54. The van der Waals surface area contributed by atoms with Crippen LogP contribution in [0.25, 0.3) is 10.2 Å². The number of hydrogen-bond donors (Lipinski definition) is 2. The first-order chi connectivity index (χ1) is 9.84. The quantitative estimate of drug-likeness (QED) is 0.908. The van der Waals surface area contributed by atoms with Crippen LogP contribution in [0.1, 0.15) is 13.8 Å². The van der Waals surface area contributed by atoms with Gasteiger partial charge in [0.25, 0.3) is 0 Å². The number of thiazole rings is 1. The molecule has 5 nitrogen and oxygen atoms in total. The molecule has 1 aromatic carbocycles. The van der Waals surface area contributed by atoms with Crippen LogP contribution in [0.5, 0.6) is 0 Å². The molecule has 0 bridgehead atoms. The zero-order valence-electron chi connectivity index (χ0n) is 11.4. The summed E-state index contributed by atoms with van der Waals surface area (Å²) in [6.07, 6.45) is 0. The topological polar surface area (TPSA) is 79.3 Å². The van der Waals surface area contributed by atoms with Gasteiger partial charge >= 0.3 is 5.97 Å². The van der Waals surface area contributed by atoms with E-state index in [-0.39, 0.29) is 5.91 Å². The van der Waals surface area contributed by atoms with Crippen molar-refractivity contribution in [3.8, 4) is 0 Å². The smallest absolute Gasteiger partial charge is 0.307 e. The van der Waals surface area contributed by atoms with Gasteiger partial charge in [-0.25, -0.2) is 4.98 Å². The van der Waals surface area contributed by atoms with E-state index in [1.54, 1.807) is 25.4 Å². The van der Waals surface area contributed by atoms with Gasteiger partial charge in [-0.15, -0.1) is 11.3 Å². The molecule has 0 radical (unpaired) electrons. The summed E-state index contributed by atoms with van der Waals surface area (Å²) in [5, 5.41) is 12.3. The summed E-state index contributed by atoms with van der Waals surface area (Å²) in [5.74, 6) is -2.49. The molecule has 2 N–H and O–H groups in total. The van der Waals surface area contributed by atoms with Crippen LogP contribution in [-0.4, -0.2) is 22.0 Å². The monoisotopic (exact) mass is 324 g/mol. The molecule has 1 aromatic heterocycles. The van der Waals surface area contributed by atoms with Gasteiger partial charge in [0.1, 0.15) is 5.52 Å². The van der Waals surface area contributed by atoms with Crippen molar-refractivity contribution in [2.45, 2.75) is 13.8 Å². The second-order valence-electron chi connectivity index (χ2n) is 5.73. The Labute approximate surface area is 129 Å². The Balaban J connectivity index is 1.90. The number of aromatic nitrogens is 1. The number of nitrogens with zero attached hydrogens (tertiary/aromatic N) is 1. The number of nitrogens with one attached hydrogen (secondary N) is 1. The first-order valence-electron chi connectivity index (χ1n) is 6.39. The van der Waals surface area contributed by atoms with Gasteiger partial charge in [-0.2, -0.15) is 0 Å². The number of benzene rings is 1. The van der Waals surface area contributed by atoms with Gasteiger partial charge in [-0.05, 0) is 17.5 Å². The van der Waals surface area contributed by atoms with Crippen LogP contribution in [0.2, 0.25) is 5.02 Å². The normalized spacial score (nSPS) is 23.0. The second kappa shape index (κ2) is 4.68. The number of anilines is 1. The van der Waals surface area contributed by atoms with Gasteiger partial charge in [-0.1, -0.05) is 25.4 Å². The van der Waals surface area contributed by atoms with Crippen molar-refractivity contribution in [2.24, 2.45) is 17.3 Å². The molecule has 1 heterocycles. The number of carbonyl (C=O) groups excluding carboxylic acids is 1. The van der Waals surface area contributed by atoms with E-state index >= 15 is 0 Å².